The lowest BCUT2D eigenvalue weighted by Gasteiger charge is -2.08. The molecule has 0 saturated heterocycles. The number of para-hydroxylation sites is 1. The van der Waals surface area contributed by atoms with Crippen molar-refractivity contribution in [1.82, 2.24) is 14.8 Å². The van der Waals surface area contributed by atoms with Gasteiger partial charge in [0.2, 0.25) is 5.82 Å². The molecule has 4 rings (SSSR count). The van der Waals surface area contributed by atoms with E-state index in [9.17, 15) is 4.79 Å². The van der Waals surface area contributed by atoms with Gasteiger partial charge in [0.1, 0.15) is 0 Å². The minimum absolute atomic E-state index is 0.0511. The van der Waals surface area contributed by atoms with E-state index in [2.05, 4.69) is 47.3 Å². The van der Waals surface area contributed by atoms with Crippen LogP contribution in [-0.4, -0.2) is 20.7 Å². The van der Waals surface area contributed by atoms with Crippen molar-refractivity contribution in [2.45, 2.75) is 6.92 Å². The van der Waals surface area contributed by atoms with Crippen molar-refractivity contribution in [3.05, 3.63) is 92.1 Å². The van der Waals surface area contributed by atoms with E-state index in [-0.39, 0.29) is 5.82 Å². The van der Waals surface area contributed by atoms with Gasteiger partial charge in [0.25, 0.3) is 5.91 Å². The van der Waals surface area contributed by atoms with E-state index in [1.807, 2.05) is 67.6 Å². The van der Waals surface area contributed by atoms with E-state index in [1.165, 1.54) is 0 Å². The molecule has 0 atom stereocenters. The van der Waals surface area contributed by atoms with Gasteiger partial charge in [0.05, 0.1) is 16.4 Å². The molecule has 0 unspecified atom stereocenters. The first-order chi connectivity index (χ1) is 14.4. The molecule has 0 saturated carbocycles. The molecule has 0 spiro atoms. The van der Waals surface area contributed by atoms with Crippen molar-refractivity contribution in [2.75, 3.05) is 5.32 Å². The summed E-state index contributed by atoms with van der Waals surface area (Å²) in [6.07, 6.45) is 0. The quantitative estimate of drug-likeness (QED) is 0.311. The number of carbonyl (C=O) groups is 1. The smallest absolute Gasteiger partial charge is 0.295 e. The molecule has 5 nitrogen and oxygen atoms in total. The topological polar surface area (TPSA) is 59.8 Å². The third-order valence-electron chi connectivity index (χ3n) is 4.44. The number of hydrogen-bond acceptors (Lipinski definition) is 3. The molecule has 1 heterocycles. The minimum Gasteiger partial charge on any atom is -0.318 e. The van der Waals surface area contributed by atoms with E-state index in [1.54, 1.807) is 10.7 Å². The van der Waals surface area contributed by atoms with Crippen LogP contribution in [0.1, 0.15) is 16.2 Å². The van der Waals surface area contributed by atoms with Crippen molar-refractivity contribution in [3.63, 3.8) is 0 Å². The van der Waals surface area contributed by atoms with Crippen molar-refractivity contribution in [3.8, 4) is 17.1 Å². The lowest BCUT2D eigenvalue weighted by atomic mass is 10.2. The normalized spacial score (nSPS) is 10.8. The molecule has 0 aliphatic heterocycles. The van der Waals surface area contributed by atoms with Crippen molar-refractivity contribution in [2.24, 2.45) is 0 Å². The Labute approximate surface area is 195 Å². The van der Waals surface area contributed by atoms with Gasteiger partial charge in [-0.3, -0.25) is 4.79 Å². The molecule has 0 aliphatic carbocycles. The fourth-order valence-electron chi connectivity index (χ4n) is 2.92. The van der Waals surface area contributed by atoms with Crippen LogP contribution in [0, 0.1) is 6.92 Å². The molecule has 3 aromatic carbocycles. The highest BCUT2D eigenvalue weighted by molar-refractivity contribution is 9.10. The van der Waals surface area contributed by atoms with Gasteiger partial charge < -0.3 is 5.32 Å². The predicted octanol–water partition coefficient (Wildman–Crippen LogP) is 6.67. The molecular weight excluding hydrogens is 532 g/mol. The Kier molecular flexibility index (Phi) is 6.04. The number of nitrogens with one attached hydrogen (secondary N) is 1. The summed E-state index contributed by atoms with van der Waals surface area (Å²) >= 11 is 13.1. The summed E-state index contributed by atoms with van der Waals surface area (Å²) < 4.78 is 3.56. The lowest BCUT2D eigenvalue weighted by molar-refractivity contribution is 0.101. The Morgan fingerprint density at radius 3 is 2.23 bits per heavy atom. The van der Waals surface area contributed by atoms with Crippen LogP contribution in [0.5, 0.6) is 0 Å². The summed E-state index contributed by atoms with van der Waals surface area (Å²) in [4.78, 5) is 17.5. The summed E-state index contributed by atoms with van der Waals surface area (Å²) in [7, 11) is 0. The van der Waals surface area contributed by atoms with Crippen LogP contribution in [0.2, 0.25) is 5.02 Å². The number of benzene rings is 3. The second kappa shape index (κ2) is 8.71. The number of carbonyl (C=O) groups excluding carboxylic acids is 1. The monoisotopic (exact) mass is 544 g/mol. The average molecular weight is 547 g/mol. The number of amides is 1. The van der Waals surface area contributed by atoms with E-state index in [0.29, 0.717) is 16.5 Å². The van der Waals surface area contributed by atoms with Crippen LogP contribution in [-0.2, 0) is 0 Å². The Morgan fingerprint density at radius 2 is 1.60 bits per heavy atom. The highest BCUT2D eigenvalue weighted by Crippen LogP contribution is 2.27. The summed E-state index contributed by atoms with van der Waals surface area (Å²) in [5.74, 6) is 0.182. The zero-order valence-corrected chi connectivity index (χ0v) is 19.7. The zero-order chi connectivity index (χ0) is 21.3. The summed E-state index contributed by atoms with van der Waals surface area (Å²) in [5, 5.41) is 7.78. The first-order valence-corrected chi connectivity index (χ1v) is 10.9. The number of rotatable bonds is 4. The second-order valence-electron chi connectivity index (χ2n) is 6.54. The second-order valence-corrected chi connectivity index (χ2v) is 8.78. The fraction of sp³-hybridized carbons (Fsp3) is 0.0455. The van der Waals surface area contributed by atoms with Gasteiger partial charge in [0.15, 0.2) is 5.82 Å². The molecule has 0 fully saturated rings. The zero-order valence-electron chi connectivity index (χ0n) is 15.7. The standard InChI is InChI=1S/C22H15Br2ClN4O/c1-13-3-2-4-18(25)19(13)26-22(30)20-27-21(14-5-7-15(23)8-6-14)29(28-20)17-11-9-16(24)10-12-17/h2-12H,1H3,(H,26,30). The highest BCUT2D eigenvalue weighted by atomic mass is 79.9. The van der Waals surface area contributed by atoms with Crippen LogP contribution < -0.4 is 5.32 Å². The van der Waals surface area contributed by atoms with E-state index < -0.39 is 5.91 Å². The number of nitrogens with zero attached hydrogens (tertiary/aromatic N) is 3. The van der Waals surface area contributed by atoms with Gasteiger partial charge in [-0.1, -0.05) is 67.7 Å². The maximum atomic E-state index is 12.9. The Morgan fingerprint density at radius 1 is 0.967 bits per heavy atom. The van der Waals surface area contributed by atoms with Crippen molar-refractivity contribution >= 4 is 55.1 Å². The molecule has 1 N–H and O–H groups in total. The highest BCUT2D eigenvalue weighted by Gasteiger charge is 2.20. The van der Waals surface area contributed by atoms with Crippen LogP contribution in [0.15, 0.2) is 75.7 Å². The van der Waals surface area contributed by atoms with Gasteiger partial charge in [-0.05, 0) is 55.0 Å². The number of hydrogen-bond donors (Lipinski definition) is 1. The first-order valence-electron chi connectivity index (χ1n) is 8.98. The van der Waals surface area contributed by atoms with Crippen molar-refractivity contribution in [1.29, 1.82) is 0 Å². The fourth-order valence-corrected chi connectivity index (χ4v) is 3.71. The lowest BCUT2D eigenvalue weighted by Crippen LogP contribution is -2.15. The van der Waals surface area contributed by atoms with Crippen LogP contribution in [0.4, 0.5) is 5.69 Å². The summed E-state index contributed by atoms with van der Waals surface area (Å²) in [6.45, 7) is 1.88. The molecule has 0 radical (unpaired) electrons. The minimum atomic E-state index is -0.430. The molecule has 0 bridgehead atoms. The van der Waals surface area contributed by atoms with E-state index in [4.69, 9.17) is 11.6 Å². The van der Waals surface area contributed by atoms with Gasteiger partial charge in [0, 0.05) is 14.5 Å². The molecule has 8 heteroatoms. The van der Waals surface area contributed by atoms with Crippen LogP contribution in [0.25, 0.3) is 17.1 Å². The Hall–Kier alpha value is -2.48. The van der Waals surface area contributed by atoms with Gasteiger partial charge in [-0.2, -0.15) is 0 Å². The SMILES string of the molecule is Cc1cccc(Cl)c1NC(=O)c1nc(-c2ccc(Br)cc2)n(-c2ccc(Br)cc2)n1. The summed E-state index contributed by atoms with van der Waals surface area (Å²) in [6, 6.07) is 20.7. The van der Waals surface area contributed by atoms with Crippen LogP contribution >= 0.6 is 43.5 Å². The molecule has 150 valence electrons. The molecule has 30 heavy (non-hydrogen) atoms. The Balaban J connectivity index is 1.77. The number of anilines is 1. The van der Waals surface area contributed by atoms with Crippen molar-refractivity contribution < 1.29 is 4.79 Å². The predicted molar refractivity (Wildman–Crippen MR) is 126 cm³/mol. The third kappa shape index (κ3) is 4.33. The van der Waals surface area contributed by atoms with E-state index in [0.717, 1.165) is 25.8 Å². The van der Waals surface area contributed by atoms with E-state index >= 15 is 0 Å². The molecule has 4 aromatic rings. The summed E-state index contributed by atoms with van der Waals surface area (Å²) in [5.41, 5.74) is 3.03. The average Bonchev–Trinajstić information content (AvgIpc) is 3.17. The molecule has 1 amide bonds. The first kappa shape index (κ1) is 20.8. The molecule has 0 aliphatic rings. The number of aromatic nitrogens is 3. The third-order valence-corrected chi connectivity index (χ3v) is 5.82. The van der Waals surface area contributed by atoms with Gasteiger partial charge >= 0.3 is 0 Å². The molecular formula is C22H15Br2ClN4O. The maximum absolute atomic E-state index is 12.9. The van der Waals surface area contributed by atoms with Gasteiger partial charge in [-0.25, -0.2) is 9.67 Å². The number of aryl methyl sites for hydroxylation is 1. The molecule has 1 aromatic heterocycles. The largest absolute Gasteiger partial charge is 0.318 e. The number of halogens is 3. The maximum Gasteiger partial charge on any atom is 0.295 e. The Bertz CT molecular complexity index is 1140. The van der Waals surface area contributed by atoms with Crippen LogP contribution in [0.3, 0.4) is 0 Å². The van der Waals surface area contributed by atoms with Gasteiger partial charge in [-0.15, -0.1) is 5.10 Å².